The van der Waals surface area contributed by atoms with Crippen LogP contribution in [0.3, 0.4) is 0 Å². The zero-order valence-corrected chi connectivity index (χ0v) is 19.4. The van der Waals surface area contributed by atoms with E-state index in [2.05, 4.69) is 46.0 Å². The molecule has 0 unspecified atom stereocenters. The Morgan fingerprint density at radius 3 is 2.69 bits per heavy atom. The maximum absolute atomic E-state index is 12.9. The Morgan fingerprint density at radius 2 is 1.88 bits per heavy atom. The molecule has 0 saturated carbocycles. The molecule has 0 aromatic heterocycles. The average Bonchev–Trinajstić information content (AvgIpc) is 2.79. The number of thiocarbonyl (C=S) groups is 1. The quantitative estimate of drug-likeness (QED) is 0.221. The van der Waals surface area contributed by atoms with Crippen molar-refractivity contribution in [1.29, 1.82) is 0 Å². The molecule has 7 heteroatoms. The Kier molecular flexibility index (Phi) is 6.48. The molecule has 32 heavy (non-hydrogen) atoms. The number of nitrogens with one attached hydrogen (secondary N) is 1. The Bertz CT molecular complexity index is 1280. The molecule has 1 heterocycles. The number of benzene rings is 3. The second-order valence-corrected chi connectivity index (χ2v) is 8.43. The number of rotatable bonds is 6. The third-order valence-electron chi connectivity index (χ3n) is 5.03. The second kappa shape index (κ2) is 9.46. The maximum atomic E-state index is 12.9. The molecule has 0 aliphatic carbocycles. The van der Waals surface area contributed by atoms with Crippen molar-refractivity contribution in [3.05, 3.63) is 94.5 Å². The molecular formula is C25H19BrN2O3S. The number of amides is 2. The molecule has 160 valence electrons. The van der Waals surface area contributed by atoms with Gasteiger partial charge in [-0.05, 0) is 52.8 Å². The van der Waals surface area contributed by atoms with Gasteiger partial charge >= 0.3 is 0 Å². The molecule has 0 spiro atoms. The zero-order valence-electron chi connectivity index (χ0n) is 17.0. The van der Waals surface area contributed by atoms with Crippen molar-refractivity contribution in [1.82, 2.24) is 10.2 Å². The molecule has 1 saturated heterocycles. The Morgan fingerprint density at radius 1 is 1.09 bits per heavy atom. The van der Waals surface area contributed by atoms with Crippen molar-refractivity contribution in [3.8, 4) is 5.75 Å². The maximum Gasteiger partial charge on any atom is 0.265 e. The van der Waals surface area contributed by atoms with Crippen LogP contribution in [0.2, 0.25) is 0 Å². The van der Waals surface area contributed by atoms with E-state index in [9.17, 15) is 9.59 Å². The van der Waals surface area contributed by atoms with E-state index in [4.69, 9.17) is 17.0 Å². The van der Waals surface area contributed by atoms with Gasteiger partial charge in [0.05, 0.1) is 0 Å². The lowest BCUT2D eigenvalue weighted by atomic mass is 10.0. The van der Waals surface area contributed by atoms with Crippen LogP contribution in [0.4, 0.5) is 0 Å². The van der Waals surface area contributed by atoms with Crippen LogP contribution in [0.1, 0.15) is 11.1 Å². The van der Waals surface area contributed by atoms with Crippen molar-refractivity contribution in [2.45, 2.75) is 6.61 Å². The highest BCUT2D eigenvalue weighted by Gasteiger charge is 2.32. The number of fused-ring (bicyclic) bond motifs is 1. The minimum atomic E-state index is -0.541. The topological polar surface area (TPSA) is 58.6 Å². The van der Waals surface area contributed by atoms with Gasteiger partial charge in [0.15, 0.2) is 5.11 Å². The smallest absolute Gasteiger partial charge is 0.265 e. The van der Waals surface area contributed by atoms with E-state index < -0.39 is 11.8 Å². The van der Waals surface area contributed by atoms with Gasteiger partial charge in [-0.2, -0.15) is 0 Å². The Labute approximate surface area is 199 Å². The molecule has 3 aromatic rings. The van der Waals surface area contributed by atoms with Crippen LogP contribution >= 0.6 is 28.1 Å². The number of halogens is 1. The minimum absolute atomic E-state index is 0.0199. The summed E-state index contributed by atoms with van der Waals surface area (Å²) >= 11 is 8.56. The predicted molar refractivity (Wildman–Crippen MR) is 133 cm³/mol. The molecule has 1 aliphatic heterocycles. The largest absolute Gasteiger partial charge is 0.488 e. The molecule has 0 radical (unpaired) electrons. The van der Waals surface area contributed by atoms with Crippen LogP contribution in [0.25, 0.3) is 16.8 Å². The van der Waals surface area contributed by atoms with Gasteiger partial charge in [-0.25, -0.2) is 0 Å². The van der Waals surface area contributed by atoms with Crippen molar-refractivity contribution in [3.63, 3.8) is 0 Å². The van der Waals surface area contributed by atoms with E-state index >= 15 is 0 Å². The fourth-order valence-corrected chi connectivity index (χ4v) is 4.11. The van der Waals surface area contributed by atoms with E-state index in [0.717, 1.165) is 20.8 Å². The summed E-state index contributed by atoms with van der Waals surface area (Å²) in [4.78, 5) is 26.7. The molecule has 5 nitrogen and oxygen atoms in total. The van der Waals surface area contributed by atoms with Crippen molar-refractivity contribution < 1.29 is 14.3 Å². The van der Waals surface area contributed by atoms with E-state index in [1.165, 1.54) is 11.0 Å². The molecule has 0 bridgehead atoms. The van der Waals surface area contributed by atoms with Gasteiger partial charge in [-0.3, -0.25) is 19.8 Å². The number of hydrogen-bond donors (Lipinski definition) is 1. The molecule has 4 rings (SSSR count). The zero-order chi connectivity index (χ0) is 22.7. The number of carbonyl (C=O) groups is 2. The van der Waals surface area contributed by atoms with Crippen LogP contribution in [0.15, 0.2) is 83.4 Å². The summed E-state index contributed by atoms with van der Waals surface area (Å²) in [6.07, 6.45) is 3.08. The summed E-state index contributed by atoms with van der Waals surface area (Å²) < 4.78 is 6.93. The fraction of sp³-hybridized carbons (Fsp3) is 0.0800. The van der Waals surface area contributed by atoms with Crippen LogP contribution in [0, 0.1) is 0 Å². The lowest BCUT2D eigenvalue weighted by Crippen LogP contribution is -2.53. The molecular weight excluding hydrogens is 488 g/mol. The van der Waals surface area contributed by atoms with E-state index in [1.807, 2.05) is 30.3 Å². The standard InChI is InChI=1S/C25H19BrN2O3S/c1-2-12-28-24(30)21(23(29)27-25(28)32)14-18-13-19(26)10-11-22(18)31-15-17-8-5-7-16-6-3-4-9-20(16)17/h2-11,13-14H,1,12,15H2,(H,27,29,32)/b21-14+. The molecule has 1 aliphatic rings. The lowest BCUT2D eigenvalue weighted by Gasteiger charge is -2.27. The minimum Gasteiger partial charge on any atom is -0.488 e. The monoisotopic (exact) mass is 506 g/mol. The Hall–Kier alpha value is -3.29. The summed E-state index contributed by atoms with van der Waals surface area (Å²) in [5.41, 5.74) is 1.62. The third kappa shape index (κ3) is 4.49. The highest BCUT2D eigenvalue weighted by molar-refractivity contribution is 9.10. The van der Waals surface area contributed by atoms with Crippen LogP contribution < -0.4 is 10.1 Å². The number of ether oxygens (including phenoxy) is 1. The van der Waals surface area contributed by atoms with Crippen molar-refractivity contribution in [2.75, 3.05) is 6.54 Å². The van der Waals surface area contributed by atoms with Gasteiger partial charge in [0, 0.05) is 16.6 Å². The van der Waals surface area contributed by atoms with Gasteiger partial charge in [-0.1, -0.05) is 64.5 Å². The first-order valence-electron chi connectivity index (χ1n) is 9.86. The average molecular weight is 507 g/mol. The summed E-state index contributed by atoms with van der Waals surface area (Å²) in [5, 5.41) is 4.87. The summed E-state index contributed by atoms with van der Waals surface area (Å²) in [6, 6.07) is 19.6. The van der Waals surface area contributed by atoms with Gasteiger partial charge in [0.2, 0.25) is 0 Å². The number of carbonyl (C=O) groups excluding carboxylic acids is 2. The molecule has 1 N–H and O–H groups in total. The van der Waals surface area contributed by atoms with Crippen molar-refractivity contribution >= 4 is 61.9 Å². The summed E-state index contributed by atoms with van der Waals surface area (Å²) in [6.45, 7) is 4.19. The van der Waals surface area contributed by atoms with Crippen molar-refractivity contribution in [2.24, 2.45) is 0 Å². The molecule has 2 amide bonds. The first-order chi connectivity index (χ1) is 15.5. The first kappa shape index (κ1) is 21.9. The normalized spacial score (nSPS) is 15.2. The van der Waals surface area contributed by atoms with Crippen LogP contribution in [0.5, 0.6) is 5.75 Å². The Balaban J connectivity index is 1.66. The molecule has 1 fully saturated rings. The fourth-order valence-electron chi connectivity index (χ4n) is 3.48. The lowest BCUT2D eigenvalue weighted by molar-refractivity contribution is -0.128. The second-order valence-electron chi connectivity index (χ2n) is 7.13. The molecule has 0 atom stereocenters. The molecule has 3 aromatic carbocycles. The predicted octanol–water partition coefficient (Wildman–Crippen LogP) is 4.99. The van der Waals surface area contributed by atoms with E-state index in [1.54, 1.807) is 18.2 Å². The highest BCUT2D eigenvalue weighted by atomic mass is 79.9. The van der Waals surface area contributed by atoms with E-state index in [-0.39, 0.29) is 17.2 Å². The first-order valence-corrected chi connectivity index (χ1v) is 11.1. The van der Waals surface area contributed by atoms with Crippen LogP contribution in [-0.2, 0) is 16.2 Å². The van der Waals surface area contributed by atoms with Gasteiger partial charge in [0.25, 0.3) is 11.8 Å². The summed E-state index contributed by atoms with van der Waals surface area (Å²) in [7, 11) is 0. The highest BCUT2D eigenvalue weighted by Crippen LogP contribution is 2.28. The number of nitrogens with zero attached hydrogens (tertiary/aromatic N) is 1. The van der Waals surface area contributed by atoms with E-state index in [0.29, 0.717) is 17.9 Å². The third-order valence-corrected chi connectivity index (χ3v) is 5.85. The number of hydrogen-bond acceptors (Lipinski definition) is 4. The summed E-state index contributed by atoms with van der Waals surface area (Å²) in [5.74, 6) is -0.462. The van der Waals surface area contributed by atoms with Gasteiger partial charge in [-0.15, -0.1) is 6.58 Å². The SMILES string of the molecule is C=CCN1C(=O)/C(=C/c2cc(Br)ccc2OCc2cccc3ccccc23)C(=O)NC1=S. The van der Waals surface area contributed by atoms with Crippen LogP contribution in [-0.4, -0.2) is 28.4 Å². The van der Waals surface area contributed by atoms with Gasteiger partial charge < -0.3 is 4.74 Å². The van der Waals surface area contributed by atoms with Gasteiger partial charge in [0.1, 0.15) is 17.9 Å².